The highest BCUT2D eigenvalue weighted by atomic mass is 16.6. The normalized spacial score (nSPS) is 12.6. The molecular formula is C57H98O6. The molecule has 0 aromatic carbocycles. The highest BCUT2D eigenvalue weighted by molar-refractivity contribution is 5.71. The van der Waals surface area contributed by atoms with Gasteiger partial charge in [0.15, 0.2) is 6.10 Å². The third kappa shape index (κ3) is 49.7. The van der Waals surface area contributed by atoms with Gasteiger partial charge in [-0.1, -0.05) is 235 Å². The van der Waals surface area contributed by atoms with Crippen molar-refractivity contribution in [2.45, 2.75) is 258 Å². The van der Waals surface area contributed by atoms with Crippen LogP contribution in [0.15, 0.2) is 72.9 Å². The van der Waals surface area contributed by atoms with Gasteiger partial charge in [0.1, 0.15) is 13.2 Å². The van der Waals surface area contributed by atoms with Gasteiger partial charge in [-0.3, -0.25) is 14.4 Å². The van der Waals surface area contributed by atoms with Crippen molar-refractivity contribution in [3.8, 4) is 0 Å². The molecule has 0 aliphatic carbocycles. The summed E-state index contributed by atoms with van der Waals surface area (Å²) in [7, 11) is 0. The summed E-state index contributed by atoms with van der Waals surface area (Å²) in [6.45, 7) is 6.39. The molecule has 0 N–H and O–H groups in total. The number of rotatable bonds is 47. The summed E-state index contributed by atoms with van der Waals surface area (Å²) < 4.78 is 16.8. The van der Waals surface area contributed by atoms with Crippen LogP contribution in [0.2, 0.25) is 0 Å². The molecule has 0 aromatic rings. The van der Waals surface area contributed by atoms with Gasteiger partial charge in [0.25, 0.3) is 0 Å². The summed E-state index contributed by atoms with van der Waals surface area (Å²) in [5.41, 5.74) is 0. The molecule has 0 fully saturated rings. The number of allylic oxidation sites excluding steroid dienone is 12. The van der Waals surface area contributed by atoms with Crippen LogP contribution in [0.1, 0.15) is 252 Å². The highest BCUT2D eigenvalue weighted by Gasteiger charge is 2.19. The SMILES string of the molecule is CC\C=C/C=C\C=C/CCCCCCCCCC(=O)OC(COC(=O)CCCCCCCC/C=C\C/C=C\C/C=C\CC)COC(=O)CCCCCCCCCCCCCCCC. The molecule has 1 unspecified atom stereocenters. The van der Waals surface area contributed by atoms with Gasteiger partial charge in [-0.25, -0.2) is 0 Å². The van der Waals surface area contributed by atoms with Gasteiger partial charge >= 0.3 is 17.9 Å². The molecule has 0 aliphatic heterocycles. The van der Waals surface area contributed by atoms with Crippen LogP contribution >= 0.6 is 0 Å². The first-order chi connectivity index (χ1) is 31.0. The maximum absolute atomic E-state index is 12.8. The van der Waals surface area contributed by atoms with Crippen molar-refractivity contribution < 1.29 is 28.6 Å². The lowest BCUT2D eigenvalue weighted by Gasteiger charge is -2.18. The molecule has 0 radical (unpaired) electrons. The Kier molecular flexibility index (Phi) is 48.9. The minimum absolute atomic E-state index is 0.0830. The van der Waals surface area contributed by atoms with Gasteiger partial charge in [0.2, 0.25) is 0 Å². The Hall–Kier alpha value is -3.15. The largest absolute Gasteiger partial charge is 0.462 e. The van der Waals surface area contributed by atoms with E-state index in [1.165, 1.54) is 116 Å². The second kappa shape index (κ2) is 51.5. The molecule has 0 aromatic heterocycles. The number of carbonyl (C=O) groups is 3. The zero-order chi connectivity index (χ0) is 45.8. The van der Waals surface area contributed by atoms with Crippen molar-refractivity contribution in [2.75, 3.05) is 13.2 Å². The van der Waals surface area contributed by atoms with Crippen LogP contribution in [0.3, 0.4) is 0 Å². The Morgan fingerprint density at radius 1 is 0.349 bits per heavy atom. The topological polar surface area (TPSA) is 78.9 Å². The van der Waals surface area contributed by atoms with E-state index in [2.05, 4.69) is 93.7 Å². The van der Waals surface area contributed by atoms with E-state index in [0.29, 0.717) is 19.3 Å². The Morgan fingerprint density at radius 2 is 0.698 bits per heavy atom. The van der Waals surface area contributed by atoms with Crippen molar-refractivity contribution in [1.29, 1.82) is 0 Å². The number of ether oxygens (including phenoxy) is 3. The lowest BCUT2D eigenvalue weighted by molar-refractivity contribution is -0.167. The van der Waals surface area contributed by atoms with E-state index >= 15 is 0 Å². The third-order valence-electron chi connectivity index (χ3n) is 11.3. The number of unbranched alkanes of at least 4 members (excludes halogenated alkanes) is 26. The monoisotopic (exact) mass is 879 g/mol. The zero-order valence-corrected chi connectivity index (χ0v) is 41.3. The summed E-state index contributed by atoms with van der Waals surface area (Å²) in [5.74, 6) is -0.904. The van der Waals surface area contributed by atoms with Crippen LogP contribution in [0.5, 0.6) is 0 Å². The van der Waals surface area contributed by atoms with Gasteiger partial charge in [0, 0.05) is 19.3 Å². The van der Waals surface area contributed by atoms with Crippen molar-refractivity contribution in [1.82, 2.24) is 0 Å². The van der Waals surface area contributed by atoms with Gasteiger partial charge < -0.3 is 14.2 Å². The van der Waals surface area contributed by atoms with E-state index in [4.69, 9.17) is 14.2 Å². The van der Waals surface area contributed by atoms with E-state index in [0.717, 1.165) is 96.3 Å². The molecule has 1 atom stereocenters. The standard InChI is InChI=1S/C57H98O6/c1-4-7-10-13-16-19-22-25-28-30-32-35-38-41-44-47-50-56(59)62-53-54(52-61-55(58)49-46-43-40-37-34-31-27-24-21-18-15-12-9-6-3)63-57(60)51-48-45-42-39-36-33-29-26-23-20-17-14-11-8-5-2/h7-8,10-11,14,16-17,19-20,23,25,28,54H,4-6,9,12-13,15,18,21-22,24,26-27,29-53H2,1-3H3/b10-7-,11-8-,17-14-,19-16-,23-20-,28-25-. The summed E-state index contributed by atoms with van der Waals surface area (Å²) in [5, 5.41) is 0. The minimum atomic E-state index is -0.785. The van der Waals surface area contributed by atoms with Crippen molar-refractivity contribution in [3.63, 3.8) is 0 Å². The second-order valence-corrected chi connectivity index (χ2v) is 17.4. The van der Waals surface area contributed by atoms with Gasteiger partial charge in [-0.05, 0) is 70.6 Å². The lowest BCUT2D eigenvalue weighted by atomic mass is 10.0. The average molecular weight is 879 g/mol. The second-order valence-electron chi connectivity index (χ2n) is 17.4. The van der Waals surface area contributed by atoms with E-state index < -0.39 is 6.10 Å². The van der Waals surface area contributed by atoms with E-state index in [1.54, 1.807) is 0 Å². The molecular weight excluding hydrogens is 781 g/mol. The first-order valence-corrected chi connectivity index (χ1v) is 26.5. The maximum atomic E-state index is 12.8. The van der Waals surface area contributed by atoms with Crippen LogP contribution in [-0.2, 0) is 28.6 Å². The molecule has 63 heavy (non-hydrogen) atoms. The predicted octanol–water partition coefficient (Wildman–Crippen LogP) is 17.4. The van der Waals surface area contributed by atoms with Crippen LogP contribution in [0.25, 0.3) is 0 Å². The molecule has 6 heteroatoms. The van der Waals surface area contributed by atoms with Crippen molar-refractivity contribution >= 4 is 17.9 Å². The smallest absolute Gasteiger partial charge is 0.306 e. The Labute approximate surface area is 389 Å². The fraction of sp³-hybridized carbons (Fsp3) is 0.737. The number of esters is 3. The fourth-order valence-electron chi connectivity index (χ4n) is 7.34. The van der Waals surface area contributed by atoms with Crippen molar-refractivity contribution in [3.05, 3.63) is 72.9 Å². The van der Waals surface area contributed by atoms with Crippen molar-refractivity contribution in [2.24, 2.45) is 0 Å². The molecule has 362 valence electrons. The number of carbonyl (C=O) groups excluding carboxylic acids is 3. The molecule has 0 amide bonds. The summed E-state index contributed by atoms with van der Waals surface area (Å²) in [6, 6.07) is 0. The highest BCUT2D eigenvalue weighted by Crippen LogP contribution is 2.15. The van der Waals surface area contributed by atoms with Crippen LogP contribution in [-0.4, -0.2) is 37.2 Å². The third-order valence-corrected chi connectivity index (χ3v) is 11.3. The van der Waals surface area contributed by atoms with E-state index in [1.807, 2.05) is 0 Å². The van der Waals surface area contributed by atoms with Gasteiger partial charge in [-0.2, -0.15) is 0 Å². The Bertz CT molecular complexity index is 1190. The Morgan fingerprint density at radius 3 is 1.14 bits per heavy atom. The average Bonchev–Trinajstić information content (AvgIpc) is 3.28. The van der Waals surface area contributed by atoms with Gasteiger partial charge in [0.05, 0.1) is 0 Å². The zero-order valence-electron chi connectivity index (χ0n) is 41.3. The molecule has 0 heterocycles. The minimum Gasteiger partial charge on any atom is -0.462 e. The molecule has 0 aliphatic rings. The van der Waals surface area contributed by atoms with Crippen LogP contribution in [0, 0.1) is 0 Å². The number of hydrogen-bond donors (Lipinski definition) is 0. The van der Waals surface area contributed by atoms with E-state index in [9.17, 15) is 14.4 Å². The molecule has 0 bridgehead atoms. The molecule has 6 nitrogen and oxygen atoms in total. The molecule has 0 rings (SSSR count). The Balaban J connectivity index is 4.41. The van der Waals surface area contributed by atoms with Crippen LogP contribution < -0.4 is 0 Å². The van der Waals surface area contributed by atoms with Gasteiger partial charge in [-0.15, -0.1) is 0 Å². The summed E-state index contributed by atoms with van der Waals surface area (Å²) in [6.07, 6.45) is 64.5. The van der Waals surface area contributed by atoms with Crippen LogP contribution in [0.4, 0.5) is 0 Å². The molecule has 0 saturated carbocycles. The quantitative estimate of drug-likeness (QED) is 0.0199. The molecule has 0 spiro atoms. The number of hydrogen-bond acceptors (Lipinski definition) is 6. The first-order valence-electron chi connectivity index (χ1n) is 26.5. The summed E-state index contributed by atoms with van der Waals surface area (Å²) >= 11 is 0. The molecule has 0 saturated heterocycles. The van der Waals surface area contributed by atoms with E-state index in [-0.39, 0.29) is 31.1 Å². The predicted molar refractivity (Wildman–Crippen MR) is 270 cm³/mol. The lowest BCUT2D eigenvalue weighted by Crippen LogP contribution is -2.30. The fourth-order valence-corrected chi connectivity index (χ4v) is 7.34. The summed E-state index contributed by atoms with van der Waals surface area (Å²) in [4.78, 5) is 38.0. The first kappa shape index (κ1) is 59.9. The maximum Gasteiger partial charge on any atom is 0.306 e.